The molecule has 1 unspecified atom stereocenters. The second kappa shape index (κ2) is 4.28. The Morgan fingerprint density at radius 3 is 2.84 bits per heavy atom. The molecule has 1 aromatic heterocycles. The van der Waals surface area contributed by atoms with Gasteiger partial charge in [0, 0.05) is 22.7 Å². The van der Waals surface area contributed by atoms with Crippen molar-refractivity contribution < 1.29 is 9.47 Å². The maximum Gasteiger partial charge on any atom is 0.129 e. The number of fused-ring (bicyclic) bond motifs is 3. The summed E-state index contributed by atoms with van der Waals surface area (Å²) < 4.78 is 11.1. The summed E-state index contributed by atoms with van der Waals surface area (Å²) in [5.41, 5.74) is 2.28. The second-order valence-electron chi connectivity index (χ2n) is 4.94. The fourth-order valence-electron chi connectivity index (χ4n) is 2.52. The van der Waals surface area contributed by atoms with Crippen molar-refractivity contribution in [2.24, 2.45) is 0 Å². The summed E-state index contributed by atoms with van der Waals surface area (Å²) >= 11 is 0. The number of aromatic amines is 1. The Balaban J connectivity index is 1.75. The van der Waals surface area contributed by atoms with Gasteiger partial charge in [-0.05, 0) is 18.2 Å². The van der Waals surface area contributed by atoms with Crippen LogP contribution in [0.2, 0.25) is 0 Å². The van der Waals surface area contributed by atoms with Gasteiger partial charge in [0.05, 0.1) is 24.8 Å². The van der Waals surface area contributed by atoms with Crippen molar-refractivity contribution in [1.82, 2.24) is 4.98 Å². The largest absolute Gasteiger partial charge is 0.493 e. The molecule has 0 aliphatic carbocycles. The van der Waals surface area contributed by atoms with Crippen LogP contribution >= 0.6 is 0 Å². The lowest BCUT2D eigenvalue weighted by molar-refractivity contribution is 0.286. The van der Waals surface area contributed by atoms with Gasteiger partial charge in [-0.15, -0.1) is 0 Å². The summed E-state index contributed by atoms with van der Waals surface area (Å²) in [6.45, 7) is 1.60. The van der Waals surface area contributed by atoms with Gasteiger partial charge in [-0.3, -0.25) is 0 Å². The highest BCUT2D eigenvalue weighted by molar-refractivity contribution is 6.10. The van der Waals surface area contributed by atoms with Gasteiger partial charge in [0.25, 0.3) is 0 Å². The van der Waals surface area contributed by atoms with Crippen molar-refractivity contribution in [2.75, 3.05) is 13.2 Å². The van der Waals surface area contributed by atoms with E-state index in [-0.39, 0.29) is 0 Å². The standard InChI is InChI=1S/C16H15NO2/c1-2-5-13-12(4-1)16-14(17-13)6-3-7-15(16)18-9-8-11-10-19-11/h1-7,11,17H,8-10H2. The number of hydrogen-bond acceptors (Lipinski definition) is 2. The molecule has 0 radical (unpaired) electrons. The van der Waals surface area contributed by atoms with Crippen molar-refractivity contribution in [1.29, 1.82) is 0 Å². The predicted octanol–water partition coefficient (Wildman–Crippen LogP) is 3.49. The summed E-state index contributed by atoms with van der Waals surface area (Å²) in [6, 6.07) is 14.5. The van der Waals surface area contributed by atoms with E-state index in [4.69, 9.17) is 9.47 Å². The lowest BCUT2D eigenvalue weighted by Gasteiger charge is -2.06. The third-order valence-corrected chi connectivity index (χ3v) is 3.59. The molecule has 1 fully saturated rings. The van der Waals surface area contributed by atoms with Gasteiger partial charge in [0.15, 0.2) is 0 Å². The van der Waals surface area contributed by atoms with Crippen LogP contribution in [-0.4, -0.2) is 24.3 Å². The van der Waals surface area contributed by atoms with E-state index in [9.17, 15) is 0 Å². The SMILES string of the molecule is c1ccc2c(c1)[nH]c1cccc(OCCC3CO3)c12. The molecule has 2 aromatic carbocycles. The fourth-order valence-corrected chi connectivity index (χ4v) is 2.52. The van der Waals surface area contributed by atoms with E-state index < -0.39 is 0 Å². The van der Waals surface area contributed by atoms with Crippen LogP contribution < -0.4 is 4.74 Å². The molecule has 1 aliphatic rings. The molecule has 3 heteroatoms. The van der Waals surface area contributed by atoms with Crippen LogP contribution in [0.15, 0.2) is 42.5 Å². The summed E-state index contributed by atoms with van der Waals surface area (Å²) in [7, 11) is 0. The Labute approximate surface area is 111 Å². The molecule has 2 heterocycles. The molecule has 0 spiro atoms. The lowest BCUT2D eigenvalue weighted by Crippen LogP contribution is -2.01. The smallest absolute Gasteiger partial charge is 0.129 e. The zero-order chi connectivity index (χ0) is 12.7. The monoisotopic (exact) mass is 253 g/mol. The van der Waals surface area contributed by atoms with Crippen molar-refractivity contribution in [3.8, 4) is 5.75 Å². The van der Waals surface area contributed by atoms with Crippen LogP contribution in [-0.2, 0) is 4.74 Å². The quantitative estimate of drug-likeness (QED) is 0.723. The van der Waals surface area contributed by atoms with E-state index in [2.05, 4.69) is 29.2 Å². The van der Waals surface area contributed by atoms with Crippen molar-refractivity contribution in [3.05, 3.63) is 42.5 Å². The average Bonchev–Trinajstić information content (AvgIpc) is 3.17. The summed E-state index contributed by atoms with van der Waals surface area (Å²) in [6.07, 6.45) is 1.39. The van der Waals surface area contributed by atoms with E-state index >= 15 is 0 Å². The first kappa shape index (κ1) is 10.9. The van der Waals surface area contributed by atoms with Gasteiger partial charge in [0.2, 0.25) is 0 Å². The Bertz CT molecular complexity index is 728. The molecule has 0 saturated carbocycles. The number of hydrogen-bond donors (Lipinski definition) is 1. The highest BCUT2D eigenvalue weighted by Crippen LogP contribution is 2.33. The molecule has 1 aliphatic heterocycles. The summed E-state index contributed by atoms with van der Waals surface area (Å²) in [5.74, 6) is 0.954. The number of nitrogens with one attached hydrogen (secondary N) is 1. The maximum atomic E-state index is 5.94. The van der Waals surface area contributed by atoms with Crippen LogP contribution in [0.25, 0.3) is 21.8 Å². The van der Waals surface area contributed by atoms with E-state index in [1.54, 1.807) is 0 Å². The van der Waals surface area contributed by atoms with Crippen LogP contribution in [0.3, 0.4) is 0 Å². The molecular weight excluding hydrogens is 238 g/mol. The Kier molecular flexibility index (Phi) is 2.45. The topological polar surface area (TPSA) is 37.5 Å². The summed E-state index contributed by atoms with van der Waals surface area (Å²) in [4.78, 5) is 3.43. The first-order chi connectivity index (χ1) is 9.42. The zero-order valence-electron chi connectivity index (χ0n) is 10.6. The molecule has 3 aromatic rings. The fraction of sp³-hybridized carbons (Fsp3) is 0.250. The molecule has 3 nitrogen and oxygen atoms in total. The predicted molar refractivity (Wildman–Crippen MR) is 75.7 cm³/mol. The van der Waals surface area contributed by atoms with Gasteiger partial charge in [-0.1, -0.05) is 24.3 Å². The molecule has 4 rings (SSSR count). The molecule has 1 N–H and O–H groups in total. The minimum atomic E-state index is 0.419. The highest BCUT2D eigenvalue weighted by Gasteiger charge is 2.22. The molecule has 0 amide bonds. The van der Waals surface area contributed by atoms with Gasteiger partial charge in [-0.2, -0.15) is 0 Å². The first-order valence-electron chi connectivity index (χ1n) is 6.66. The van der Waals surface area contributed by atoms with Crippen LogP contribution in [0.5, 0.6) is 5.75 Å². The lowest BCUT2D eigenvalue weighted by atomic mass is 10.1. The first-order valence-corrected chi connectivity index (χ1v) is 6.66. The third kappa shape index (κ3) is 1.96. The Morgan fingerprint density at radius 2 is 1.95 bits per heavy atom. The van der Waals surface area contributed by atoms with E-state index in [1.165, 1.54) is 10.8 Å². The molecular formula is C16H15NO2. The Hall–Kier alpha value is -2.00. The molecule has 96 valence electrons. The van der Waals surface area contributed by atoms with E-state index in [0.717, 1.165) is 29.8 Å². The zero-order valence-corrected chi connectivity index (χ0v) is 10.6. The van der Waals surface area contributed by atoms with E-state index in [0.29, 0.717) is 12.7 Å². The minimum absolute atomic E-state index is 0.419. The van der Waals surface area contributed by atoms with Crippen LogP contribution in [0.1, 0.15) is 6.42 Å². The molecule has 1 saturated heterocycles. The number of para-hydroxylation sites is 1. The molecule has 1 atom stereocenters. The van der Waals surface area contributed by atoms with Gasteiger partial charge >= 0.3 is 0 Å². The van der Waals surface area contributed by atoms with Crippen LogP contribution in [0.4, 0.5) is 0 Å². The normalized spacial score (nSPS) is 18.0. The van der Waals surface area contributed by atoms with Crippen molar-refractivity contribution in [2.45, 2.75) is 12.5 Å². The van der Waals surface area contributed by atoms with Crippen molar-refractivity contribution >= 4 is 21.8 Å². The number of epoxide rings is 1. The number of H-pyrrole nitrogens is 1. The third-order valence-electron chi connectivity index (χ3n) is 3.59. The van der Waals surface area contributed by atoms with E-state index in [1.807, 2.05) is 18.2 Å². The number of ether oxygens (including phenoxy) is 2. The van der Waals surface area contributed by atoms with Crippen LogP contribution in [0, 0.1) is 0 Å². The maximum absolute atomic E-state index is 5.94. The minimum Gasteiger partial charge on any atom is -0.493 e. The average molecular weight is 253 g/mol. The van der Waals surface area contributed by atoms with Crippen molar-refractivity contribution in [3.63, 3.8) is 0 Å². The number of aromatic nitrogens is 1. The number of rotatable bonds is 4. The highest BCUT2D eigenvalue weighted by atomic mass is 16.6. The van der Waals surface area contributed by atoms with Gasteiger partial charge < -0.3 is 14.5 Å². The number of benzene rings is 2. The molecule has 0 bridgehead atoms. The second-order valence-corrected chi connectivity index (χ2v) is 4.94. The van der Waals surface area contributed by atoms with Gasteiger partial charge in [-0.25, -0.2) is 0 Å². The summed E-state index contributed by atoms with van der Waals surface area (Å²) in [5, 5.41) is 2.39. The van der Waals surface area contributed by atoms with Gasteiger partial charge in [0.1, 0.15) is 5.75 Å². The Morgan fingerprint density at radius 1 is 1.11 bits per heavy atom. The molecule has 19 heavy (non-hydrogen) atoms.